The number of unbranched alkanes of at least 4 members (excludes halogenated alkanes) is 7. The van der Waals surface area contributed by atoms with Crippen LogP contribution in [0.25, 0.3) is 0 Å². The predicted octanol–water partition coefficient (Wildman–Crippen LogP) is 6.34. The Morgan fingerprint density at radius 1 is 0.767 bits per heavy atom. The molecule has 0 saturated carbocycles. The van der Waals surface area contributed by atoms with Crippen LogP contribution in [0.4, 0.5) is 0 Å². The lowest BCUT2D eigenvalue weighted by atomic mass is 9.65. The van der Waals surface area contributed by atoms with Crippen molar-refractivity contribution in [2.24, 2.45) is 0 Å². The Kier molecular flexibility index (Phi) is 9.79. The van der Waals surface area contributed by atoms with Gasteiger partial charge in [0, 0.05) is 24.9 Å². The first kappa shape index (κ1) is 22.4. The summed E-state index contributed by atoms with van der Waals surface area (Å²) in [5.74, 6) is 0.417. The van der Waals surface area contributed by atoms with Crippen molar-refractivity contribution in [2.45, 2.75) is 77.1 Å². The van der Waals surface area contributed by atoms with Crippen LogP contribution >= 0.6 is 0 Å². The first-order valence-corrected chi connectivity index (χ1v) is 12.0. The zero-order chi connectivity index (χ0) is 20.9. The second kappa shape index (κ2) is 13.1. The Balaban J connectivity index is 1.50. The number of nitrogens with zero attached hydrogens (tertiary/aromatic N) is 2. The molecule has 0 spiro atoms. The smallest absolute Gasteiger partial charge is 0.205 e. The fraction of sp³-hybridized carbons (Fsp3) is 0.444. The van der Waals surface area contributed by atoms with Crippen molar-refractivity contribution in [3.05, 3.63) is 84.2 Å². The molecule has 1 aromatic heterocycles. The van der Waals surface area contributed by atoms with E-state index in [2.05, 4.69) is 83.3 Å². The number of benzene rings is 2. The third-order valence-electron chi connectivity index (χ3n) is 6.11. The standard InChI is InChI=1S/C27H37BN2/c1-2-3-4-5-6-7-8-15-21-30-22-20-29-27(30)28-23-26(24-16-11-9-12-17-24)25-18-13-10-14-19-25/h9-14,16-20,22,26,28H,2-8,15,21,23H2,1H3. The Morgan fingerprint density at radius 2 is 1.33 bits per heavy atom. The van der Waals surface area contributed by atoms with Crippen molar-refractivity contribution in [1.29, 1.82) is 0 Å². The zero-order valence-electron chi connectivity index (χ0n) is 18.7. The summed E-state index contributed by atoms with van der Waals surface area (Å²) in [7, 11) is 1.01. The number of hydrogen-bond donors (Lipinski definition) is 0. The number of imidazole rings is 1. The SMILES string of the molecule is CCCCCCCCCCn1ccnc1BCC(c1ccccc1)c1ccccc1. The summed E-state index contributed by atoms with van der Waals surface area (Å²) >= 11 is 0. The highest BCUT2D eigenvalue weighted by Gasteiger charge is 2.16. The van der Waals surface area contributed by atoms with Crippen LogP contribution in [-0.2, 0) is 6.54 Å². The number of aromatic nitrogens is 2. The van der Waals surface area contributed by atoms with Gasteiger partial charge in [0.05, 0.1) is 5.72 Å². The third kappa shape index (κ3) is 7.20. The molecule has 0 N–H and O–H groups in total. The van der Waals surface area contributed by atoms with Gasteiger partial charge in [-0.25, -0.2) is 0 Å². The Hall–Kier alpha value is -2.29. The van der Waals surface area contributed by atoms with E-state index < -0.39 is 0 Å². The molecule has 30 heavy (non-hydrogen) atoms. The van der Waals surface area contributed by atoms with Crippen molar-refractivity contribution >= 4 is 13.0 Å². The van der Waals surface area contributed by atoms with E-state index in [1.807, 2.05) is 6.20 Å². The molecule has 0 aliphatic rings. The van der Waals surface area contributed by atoms with Gasteiger partial charge in [-0.1, -0.05) is 119 Å². The molecule has 0 aliphatic heterocycles. The molecular weight excluding hydrogens is 363 g/mol. The van der Waals surface area contributed by atoms with Crippen molar-refractivity contribution in [1.82, 2.24) is 9.55 Å². The molecule has 2 nitrogen and oxygen atoms in total. The van der Waals surface area contributed by atoms with Crippen LogP contribution in [-0.4, -0.2) is 16.8 Å². The van der Waals surface area contributed by atoms with Crippen LogP contribution in [0, 0.1) is 0 Å². The molecule has 1 heterocycles. The fourth-order valence-corrected chi connectivity index (χ4v) is 4.36. The van der Waals surface area contributed by atoms with E-state index >= 15 is 0 Å². The minimum absolute atomic E-state index is 0.417. The normalized spacial score (nSPS) is 11.1. The van der Waals surface area contributed by atoms with E-state index in [9.17, 15) is 0 Å². The van der Waals surface area contributed by atoms with Gasteiger partial charge in [-0.15, -0.1) is 0 Å². The van der Waals surface area contributed by atoms with E-state index in [1.165, 1.54) is 68.2 Å². The topological polar surface area (TPSA) is 17.8 Å². The molecule has 3 rings (SSSR count). The van der Waals surface area contributed by atoms with E-state index in [1.54, 1.807) is 0 Å². The van der Waals surface area contributed by atoms with E-state index in [-0.39, 0.29) is 0 Å². The van der Waals surface area contributed by atoms with Crippen LogP contribution in [0.1, 0.15) is 75.3 Å². The van der Waals surface area contributed by atoms with Gasteiger partial charge in [-0.2, -0.15) is 0 Å². The highest BCUT2D eigenvalue weighted by Crippen LogP contribution is 2.27. The van der Waals surface area contributed by atoms with E-state index in [0.717, 1.165) is 20.1 Å². The van der Waals surface area contributed by atoms with Crippen LogP contribution in [0.15, 0.2) is 73.1 Å². The molecule has 2 aromatic carbocycles. The minimum atomic E-state index is 0.417. The van der Waals surface area contributed by atoms with E-state index in [0.29, 0.717) is 5.92 Å². The summed E-state index contributed by atoms with van der Waals surface area (Å²) < 4.78 is 2.38. The minimum Gasteiger partial charge on any atom is -0.343 e. The lowest BCUT2D eigenvalue weighted by Gasteiger charge is -2.18. The van der Waals surface area contributed by atoms with Crippen LogP contribution in [0.2, 0.25) is 6.32 Å². The molecule has 3 heteroatoms. The van der Waals surface area contributed by atoms with Gasteiger partial charge in [-0.05, 0) is 17.5 Å². The summed E-state index contributed by atoms with van der Waals surface area (Å²) in [6, 6.07) is 21.8. The lowest BCUT2D eigenvalue weighted by Crippen LogP contribution is -2.27. The molecule has 0 fully saturated rings. The molecule has 0 amide bonds. The maximum Gasteiger partial charge on any atom is 0.205 e. The highest BCUT2D eigenvalue weighted by molar-refractivity contribution is 6.51. The molecule has 3 aromatic rings. The highest BCUT2D eigenvalue weighted by atomic mass is 15.0. The Bertz CT molecular complexity index is 774. The quantitative estimate of drug-likeness (QED) is 0.228. The van der Waals surface area contributed by atoms with Gasteiger partial charge in [0.25, 0.3) is 0 Å². The maximum atomic E-state index is 4.69. The third-order valence-corrected chi connectivity index (χ3v) is 6.11. The average Bonchev–Trinajstić information content (AvgIpc) is 3.24. The van der Waals surface area contributed by atoms with Crippen molar-refractivity contribution < 1.29 is 0 Å². The summed E-state index contributed by atoms with van der Waals surface area (Å²) in [5, 5.41) is 0. The lowest BCUT2D eigenvalue weighted by molar-refractivity contribution is 0.547. The molecule has 0 aliphatic carbocycles. The molecule has 0 bridgehead atoms. The van der Waals surface area contributed by atoms with Crippen LogP contribution in [0.5, 0.6) is 0 Å². The first-order valence-electron chi connectivity index (χ1n) is 12.0. The van der Waals surface area contributed by atoms with Crippen molar-refractivity contribution in [2.75, 3.05) is 0 Å². The summed E-state index contributed by atoms with van der Waals surface area (Å²) in [6.07, 6.45) is 16.1. The second-order valence-corrected chi connectivity index (χ2v) is 8.42. The predicted molar refractivity (Wildman–Crippen MR) is 131 cm³/mol. The van der Waals surface area contributed by atoms with Gasteiger partial charge in [0.2, 0.25) is 7.28 Å². The Labute approximate surface area is 184 Å². The second-order valence-electron chi connectivity index (χ2n) is 8.42. The van der Waals surface area contributed by atoms with Gasteiger partial charge >= 0.3 is 0 Å². The fourth-order valence-electron chi connectivity index (χ4n) is 4.36. The molecule has 0 unspecified atom stereocenters. The van der Waals surface area contributed by atoms with Gasteiger partial charge in [0.1, 0.15) is 0 Å². The van der Waals surface area contributed by atoms with Crippen molar-refractivity contribution in [3.63, 3.8) is 0 Å². The van der Waals surface area contributed by atoms with Crippen molar-refractivity contribution in [3.8, 4) is 0 Å². The molecule has 158 valence electrons. The molecular formula is C27H37BN2. The van der Waals surface area contributed by atoms with Gasteiger partial charge < -0.3 is 4.57 Å². The zero-order valence-corrected chi connectivity index (χ0v) is 18.7. The van der Waals surface area contributed by atoms with Crippen LogP contribution in [0.3, 0.4) is 0 Å². The number of aryl methyl sites for hydroxylation is 1. The van der Waals surface area contributed by atoms with Gasteiger partial charge in [-0.3, -0.25) is 4.98 Å². The molecule has 0 atom stereocenters. The summed E-state index contributed by atoms with van der Waals surface area (Å²) in [6.45, 7) is 3.39. The van der Waals surface area contributed by atoms with Gasteiger partial charge in [0.15, 0.2) is 0 Å². The average molecular weight is 400 g/mol. The summed E-state index contributed by atoms with van der Waals surface area (Å²) in [5.41, 5.74) is 4.02. The molecule has 0 saturated heterocycles. The first-order chi connectivity index (χ1) is 14.9. The number of hydrogen-bond acceptors (Lipinski definition) is 1. The van der Waals surface area contributed by atoms with Crippen LogP contribution < -0.4 is 5.72 Å². The largest absolute Gasteiger partial charge is 0.343 e. The maximum absolute atomic E-state index is 4.69. The number of rotatable bonds is 14. The monoisotopic (exact) mass is 400 g/mol. The molecule has 0 radical (unpaired) electrons. The van der Waals surface area contributed by atoms with E-state index in [4.69, 9.17) is 0 Å². The summed E-state index contributed by atoms with van der Waals surface area (Å²) in [4.78, 5) is 4.69. The Morgan fingerprint density at radius 3 is 1.93 bits per heavy atom.